The highest BCUT2D eigenvalue weighted by atomic mass is 32.1. The number of nitrogens with one attached hydrogen (secondary N) is 1. The summed E-state index contributed by atoms with van der Waals surface area (Å²) < 4.78 is 0. The zero-order valence-corrected chi connectivity index (χ0v) is 14.1. The van der Waals surface area contributed by atoms with Crippen molar-refractivity contribution < 1.29 is 14.7 Å². The van der Waals surface area contributed by atoms with Crippen molar-refractivity contribution in [2.75, 3.05) is 13.1 Å². The molecule has 0 radical (unpaired) electrons. The predicted octanol–water partition coefficient (Wildman–Crippen LogP) is 2.08. The van der Waals surface area contributed by atoms with E-state index < -0.39 is 0 Å². The fourth-order valence-electron chi connectivity index (χ4n) is 3.39. The maximum absolute atomic E-state index is 12.4. The predicted molar refractivity (Wildman–Crippen MR) is 89.0 cm³/mol. The molecule has 0 aromatic carbocycles. The smallest absolute Gasteiger partial charge is 0.240 e. The summed E-state index contributed by atoms with van der Waals surface area (Å²) in [7, 11) is 0. The van der Waals surface area contributed by atoms with Crippen LogP contribution >= 0.6 is 11.3 Å². The second kappa shape index (κ2) is 7.45. The van der Waals surface area contributed by atoms with E-state index in [0.717, 1.165) is 37.0 Å². The van der Waals surface area contributed by atoms with Crippen LogP contribution in [0.3, 0.4) is 0 Å². The Kier molecular flexibility index (Phi) is 5.33. The molecule has 1 aromatic rings. The van der Waals surface area contributed by atoms with E-state index in [-0.39, 0.29) is 36.4 Å². The molecule has 2 fully saturated rings. The van der Waals surface area contributed by atoms with Crippen molar-refractivity contribution in [1.29, 1.82) is 0 Å². The molecular formula is C17H24N2O3S. The lowest BCUT2D eigenvalue weighted by Crippen LogP contribution is -2.45. The number of carbonyl (C=O) groups excluding carboxylic acids is 2. The van der Waals surface area contributed by atoms with Crippen molar-refractivity contribution in [3.05, 3.63) is 22.4 Å². The number of thiophene rings is 1. The van der Waals surface area contributed by atoms with Crippen molar-refractivity contribution in [3.63, 3.8) is 0 Å². The molecule has 3 rings (SSSR count). The van der Waals surface area contributed by atoms with Crippen LogP contribution in [0.5, 0.6) is 0 Å². The second-order valence-corrected chi connectivity index (χ2v) is 7.55. The number of likely N-dealkylation sites (tertiary alicyclic amines) is 1. The molecule has 2 amide bonds. The van der Waals surface area contributed by atoms with E-state index in [1.807, 2.05) is 17.5 Å². The van der Waals surface area contributed by atoms with E-state index in [1.165, 1.54) is 0 Å². The first-order chi connectivity index (χ1) is 11.1. The second-order valence-electron chi connectivity index (χ2n) is 6.57. The van der Waals surface area contributed by atoms with Crippen LogP contribution in [-0.4, -0.2) is 41.0 Å². The van der Waals surface area contributed by atoms with Crippen LogP contribution in [-0.2, 0) is 9.59 Å². The van der Waals surface area contributed by atoms with Gasteiger partial charge in [-0.25, -0.2) is 0 Å². The number of hydrogen-bond acceptors (Lipinski definition) is 4. The lowest BCUT2D eigenvalue weighted by Gasteiger charge is -2.38. The van der Waals surface area contributed by atoms with E-state index in [1.54, 1.807) is 16.2 Å². The average Bonchev–Trinajstić information content (AvgIpc) is 2.95. The van der Waals surface area contributed by atoms with Crippen molar-refractivity contribution >= 4 is 23.2 Å². The van der Waals surface area contributed by atoms with Gasteiger partial charge in [0.25, 0.3) is 0 Å². The molecule has 1 aliphatic heterocycles. The summed E-state index contributed by atoms with van der Waals surface area (Å²) in [6.07, 6.45) is 4.72. The van der Waals surface area contributed by atoms with Gasteiger partial charge in [-0.05, 0) is 43.0 Å². The number of aliphatic hydroxyl groups excluding tert-OH is 1. The van der Waals surface area contributed by atoms with Gasteiger partial charge >= 0.3 is 0 Å². The van der Waals surface area contributed by atoms with E-state index in [0.29, 0.717) is 13.0 Å². The minimum atomic E-state index is -0.244. The Balaban J connectivity index is 1.60. The number of hydrogen-bond donors (Lipinski definition) is 2. The molecule has 6 heteroatoms. The van der Waals surface area contributed by atoms with Gasteiger partial charge < -0.3 is 15.3 Å². The van der Waals surface area contributed by atoms with E-state index in [4.69, 9.17) is 0 Å². The lowest BCUT2D eigenvalue weighted by atomic mass is 9.77. The Morgan fingerprint density at radius 2 is 2.22 bits per heavy atom. The van der Waals surface area contributed by atoms with Crippen LogP contribution in [0.1, 0.15) is 49.4 Å². The molecule has 0 bridgehead atoms. The molecule has 1 aliphatic carbocycles. The number of carbonyl (C=O) groups is 2. The normalized spacial score (nSPS) is 26.3. The van der Waals surface area contributed by atoms with Crippen molar-refractivity contribution in [2.24, 2.45) is 5.92 Å². The molecule has 1 saturated carbocycles. The summed E-state index contributed by atoms with van der Waals surface area (Å²) >= 11 is 1.62. The number of aliphatic hydroxyl groups is 1. The molecular weight excluding hydrogens is 312 g/mol. The third-order valence-corrected chi connectivity index (χ3v) is 5.75. The first-order valence-electron chi connectivity index (χ1n) is 8.42. The first kappa shape index (κ1) is 16.5. The maximum atomic E-state index is 12.4. The Morgan fingerprint density at radius 1 is 1.39 bits per heavy atom. The topological polar surface area (TPSA) is 69.6 Å². The van der Waals surface area contributed by atoms with Crippen molar-refractivity contribution in [1.82, 2.24) is 10.2 Å². The minimum absolute atomic E-state index is 0.0482. The highest BCUT2D eigenvalue weighted by Gasteiger charge is 2.36. The summed E-state index contributed by atoms with van der Waals surface area (Å²) in [5.74, 6) is 0.275. The largest absolute Gasteiger partial charge is 0.393 e. The third-order valence-electron chi connectivity index (χ3n) is 4.79. The van der Waals surface area contributed by atoms with Crippen LogP contribution in [0.25, 0.3) is 0 Å². The van der Waals surface area contributed by atoms with Gasteiger partial charge in [0.15, 0.2) is 0 Å². The molecule has 126 valence electrons. The van der Waals surface area contributed by atoms with Crippen LogP contribution in [0.15, 0.2) is 17.5 Å². The number of nitrogens with zero attached hydrogens (tertiary/aromatic N) is 1. The van der Waals surface area contributed by atoms with Crippen LogP contribution < -0.4 is 5.32 Å². The summed E-state index contributed by atoms with van der Waals surface area (Å²) in [6.45, 7) is 0.827. The van der Waals surface area contributed by atoms with Crippen LogP contribution in [0.2, 0.25) is 0 Å². The van der Waals surface area contributed by atoms with Gasteiger partial charge in [0.1, 0.15) is 0 Å². The number of rotatable bonds is 5. The van der Waals surface area contributed by atoms with E-state index in [2.05, 4.69) is 5.32 Å². The van der Waals surface area contributed by atoms with Gasteiger partial charge in [0.2, 0.25) is 11.8 Å². The summed E-state index contributed by atoms with van der Waals surface area (Å²) in [6, 6.07) is 3.96. The summed E-state index contributed by atoms with van der Waals surface area (Å²) in [5.41, 5.74) is 0. The molecule has 23 heavy (non-hydrogen) atoms. The Labute approximate surface area is 140 Å². The first-order valence-corrected chi connectivity index (χ1v) is 9.30. The van der Waals surface area contributed by atoms with Gasteiger partial charge in [-0.3, -0.25) is 9.59 Å². The van der Waals surface area contributed by atoms with Gasteiger partial charge in [-0.1, -0.05) is 12.5 Å². The molecule has 0 unspecified atom stereocenters. The van der Waals surface area contributed by atoms with Gasteiger partial charge in [-0.2, -0.15) is 0 Å². The average molecular weight is 336 g/mol. The quantitative estimate of drug-likeness (QED) is 0.865. The minimum Gasteiger partial charge on any atom is -0.393 e. The van der Waals surface area contributed by atoms with Crippen LogP contribution in [0, 0.1) is 5.92 Å². The molecule has 1 aromatic heterocycles. The maximum Gasteiger partial charge on any atom is 0.240 e. The zero-order valence-electron chi connectivity index (χ0n) is 13.2. The monoisotopic (exact) mass is 336 g/mol. The fourth-order valence-corrected chi connectivity index (χ4v) is 4.26. The summed E-state index contributed by atoms with van der Waals surface area (Å²) in [5, 5.41) is 14.7. The molecule has 1 atom stereocenters. The molecule has 1 saturated heterocycles. The van der Waals surface area contributed by atoms with E-state index in [9.17, 15) is 14.7 Å². The van der Waals surface area contributed by atoms with Gasteiger partial charge in [0.05, 0.1) is 18.7 Å². The molecule has 2 aliphatic rings. The lowest BCUT2D eigenvalue weighted by molar-refractivity contribution is -0.136. The Hall–Kier alpha value is -1.40. The fraction of sp³-hybridized carbons (Fsp3) is 0.647. The zero-order chi connectivity index (χ0) is 16.2. The highest BCUT2D eigenvalue weighted by Crippen LogP contribution is 2.39. The van der Waals surface area contributed by atoms with Crippen molar-refractivity contribution in [3.8, 4) is 0 Å². The standard InChI is InChI=1S/C17H24N2O3S/c20-13-9-12(10-13)17(14-5-4-8-23-14)18-15(21)11-19-7-3-1-2-6-16(19)22/h4-5,8,12-13,17,20H,1-3,6-7,9-11H2,(H,18,21)/t12?,13?,17-/m1/s1. The number of amides is 2. The highest BCUT2D eigenvalue weighted by molar-refractivity contribution is 7.10. The molecule has 5 nitrogen and oxygen atoms in total. The molecule has 2 N–H and O–H groups in total. The molecule has 0 spiro atoms. The van der Waals surface area contributed by atoms with Crippen molar-refractivity contribution in [2.45, 2.75) is 50.7 Å². The van der Waals surface area contributed by atoms with Crippen LogP contribution in [0.4, 0.5) is 0 Å². The Morgan fingerprint density at radius 3 is 2.91 bits per heavy atom. The van der Waals surface area contributed by atoms with Gasteiger partial charge in [0, 0.05) is 17.8 Å². The van der Waals surface area contributed by atoms with E-state index >= 15 is 0 Å². The Bertz CT molecular complexity index is 540. The molecule has 2 heterocycles. The SMILES string of the molecule is O=C(CN1CCCCCC1=O)N[C@@H](c1cccs1)C1CC(O)C1. The third kappa shape index (κ3) is 4.12. The summed E-state index contributed by atoms with van der Waals surface area (Å²) in [4.78, 5) is 27.3. The van der Waals surface area contributed by atoms with Gasteiger partial charge in [-0.15, -0.1) is 11.3 Å².